The highest BCUT2D eigenvalue weighted by Gasteiger charge is 2.17. The van der Waals surface area contributed by atoms with Gasteiger partial charge in [0, 0.05) is 5.56 Å². The molecule has 0 atom stereocenters. The topological polar surface area (TPSA) is 68.5 Å². The quantitative estimate of drug-likeness (QED) is 0.659. The van der Waals surface area contributed by atoms with Crippen LogP contribution in [0.1, 0.15) is 26.5 Å². The van der Waals surface area contributed by atoms with Crippen LogP contribution in [0.5, 0.6) is 0 Å². The normalized spacial score (nSPS) is 10.4. The molecule has 1 N–H and O–H groups in total. The molecule has 0 radical (unpaired) electrons. The predicted molar refractivity (Wildman–Crippen MR) is 93.6 cm³/mol. The summed E-state index contributed by atoms with van der Waals surface area (Å²) in [6.45, 7) is -0.329. The maximum absolute atomic E-state index is 13.8. The van der Waals surface area contributed by atoms with Crippen molar-refractivity contribution >= 4 is 29.2 Å². The Morgan fingerprint density at radius 1 is 1.08 bits per heavy atom. The van der Waals surface area contributed by atoms with E-state index in [0.29, 0.717) is 0 Å². The van der Waals surface area contributed by atoms with Crippen molar-refractivity contribution in [1.29, 1.82) is 0 Å². The van der Waals surface area contributed by atoms with E-state index < -0.39 is 17.7 Å². The molecule has 0 saturated heterocycles. The Morgan fingerprint density at radius 2 is 1.88 bits per heavy atom. The molecule has 26 heavy (non-hydrogen) atoms. The standard InChI is InChI=1S/C19H13ClFNO4/c20-14-6-3-7-15(21)13(14)11-26-19(24)12-5-1-2-8-16(12)22-18(23)17-9-4-10-25-17/h1-10H,11H2,(H,22,23). The van der Waals surface area contributed by atoms with Crippen molar-refractivity contribution in [2.24, 2.45) is 0 Å². The van der Waals surface area contributed by atoms with E-state index in [-0.39, 0.29) is 34.2 Å². The largest absolute Gasteiger partial charge is 0.459 e. The molecule has 0 aliphatic heterocycles. The number of ether oxygens (including phenoxy) is 1. The molecule has 1 aromatic heterocycles. The number of anilines is 1. The van der Waals surface area contributed by atoms with Gasteiger partial charge in [0.05, 0.1) is 22.5 Å². The Hall–Kier alpha value is -3.12. The summed E-state index contributed by atoms with van der Waals surface area (Å²) in [6.07, 6.45) is 1.37. The Kier molecular flexibility index (Phi) is 5.34. The number of hydrogen-bond donors (Lipinski definition) is 1. The zero-order valence-corrected chi connectivity index (χ0v) is 14.1. The average Bonchev–Trinajstić information content (AvgIpc) is 3.16. The summed E-state index contributed by atoms with van der Waals surface area (Å²) in [5, 5.41) is 2.75. The molecule has 0 saturated carbocycles. The molecular formula is C19H13ClFNO4. The van der Waals surface area contributed by atoms with Gasteiger partial charge in [-0.25, -0.2) is 9.18 Å². The van der Waals surface area contributed by atoms with Crippen LogP contribution in [0.15, 0.2) is 65.3 Å². The van der Waals surface area contributed by atoms with E-state index in [4.69, 9.17) is 20.8 Å². The number of rotatable bonds is 5. The molecule has 132 valence electrons. The lowest BCUT2D eigenvalue weighted by Crippen LogP contribution is -2.15. The molecule has 1 heterocycles. The van der Waals surface area contributed by atoms with E-state index in [1.807, 2.05) is 0 Å². The van der Waals surface area contributed by atoms with Crippen molar-refractivity contribution in [3.8, 4) is 0 Å². The Labute approximate surface area is 153 Å². The van der Waals surface area contributed by atoms with Gasteiger partial charge in [0.2, 0.25) is 0 Å². The van der Waals surface area contributed by atoms with Gasteiger partial charge in [-0.1, -0.05) is 29.8 Å². The van der Waals surface area contributed by atoms with E-state index >= 15 is 0 Å². The Morgan fingerprint density at radius 3 is 2.62 bits per heavy atom. The minimum Gasteiger partial charge on any atom is -0.459 e. The third-order valence-corrected chi connectivity index (χ3v) is 3.90. The molecular weight excluding hydrogens is 361 g/mol. The van der Waals surface area contributed by atoms with Gasteiger partial charge in [0.1, 0.15) is 12.4 Å². The Balaban J connectivity index is 1.75. The fourth-order valence-corrected chi connectivity index (χ4v) is 2.47. The minimum atomic E-state index is -0.723. The molecule has 5 nitrogen and oxygen atoms in total. The van der Waals surface area contributed by atoms with Gasteiger partial charge in [-0.05, 0) is 36.4 Å². The van der Waals surface area contributed by atoms with Crippen LogP contribution in [0.3, 0.4) is 0 Å². The SMILES string of the molecule is O=C(Nc1ccccc1C(=O)OCc1c(F)cccc1Cl)c1ccco1. The molecule has 1 amide bonds. The highest BCUT2D eigenvalue weighted by Crippen LogP contribution is 2.22. The second kappa shape index (κ2) is 7.84. The van der Waals surface area contributed by atoms with Crippen LogP contribution >= 0.6 is 11.6 Å². The first-order chi connectivity index (χ1) is 12.6. The summed E-state index contributed by atoms with van der Waals surface area (Å²) in [6, 6.07) is 13.6. The highest BCUT2D eigenvalue weighted by molar-refractivity contribution is 6.31. The smallest absolute Gasteiger partial charge is 0.340 e. The van der Waals surface area contributed by atoms with Crippen LogP contribution in [0.25, 0.3) is 0 Å². The number of carbonyl (C=O) groups is 2. The van der Waals surface area contributed by atoms with Gasteiger partial charge >= 0.3 is 5.97 Å². The molecule has 3 rings (SSSR count). The van der Waals surface area contributed by atoms with Gasteiger partial charge < -0.3 is 14.5 Å². The molecule has 0 aliphatic carbocycles. The number of halogens is 2. The van der Waals surface area contributed by atoms with E-state index in [1.165, 1.54) is 36.6 Å². The molecule has 3 aromatic rings. The molecule has 0 bridgehead atoms. The molecule has 0 fully saturated rings. The van der Waals surface area contributed by atoms with Crippen molar-refractivity contribution in [3.63, 3.8) is 0 Å². The number of amides is 1. The number of furan rings is 1. The van der Waals surface area contributed by atoms with E-state index in [0.717, 1.165) is 0 Å². The van der Waals surface area contributed by atoms with Crippen molar-refractivity contribution in [2.75, 3.05) is 5.32 Å². The predicted octanol–water partition coefficient (Wildman–Crippen LogP) is 4.68. The van der Waals surface area contributed by atoms with Crippen LogP contribution in [0.2, 0.25) is 5.02 Å². The summed E-state index contributed by atoms with van der Waals surface area (Å²) in [5.41, 5.74) is 0.456. The van der Waals surface area contributed by atoms with E-state index in [1.54, 1.807) is 24.3 Å². The average molecular weight is 374 g/mol. The highest BCUT2D eigenvalue weighted by atomic mass is 35.5. The first-order valence-electron chi connectivity index (χ1n) is 7.60. The number of carbonyl (C=O) groups excluding carboxylic acids is 2. The first-order valence-corrected chi connectivity index (χ1v) is 7.98. The zero-order chi connectivity index (χ0) is 18.5. The third kappa shape index (κ3) is 3.92. The van der Waals surface area contributed by atoms with Gasteiger partial charge in [-0.2, -0.15) is 0 Å². The van der Waals surface area contributed by atoms with Gasteiger partial charge in [-0.15, -0.1) is 0 Å². The van der Waals surface area contributed by atoms with Crippen LogP contribution in [-0.4, -0.2) is 11.9 Å². The number of esters is 1. The van der Waals surface area contributed by atoms with Gasteiger partial charge in [0.15, 0.2) is 5.76 Å². The lowest BCUT2D eigenvalue weighted by molar-refractivity contribution is 0.0470. The van der Waals surface area contributed by atoms with Crippen LogP contribution in [0, 0.1) is 5.82 Å². The number of hydrogen-bond acceptors (Lipinski definition) is 4. The van der Waals surface area contributed by atoms with E-state index in [2.05, 4.69) is 5.32 Å². The summed E-state index contributed by atoms with van der Waals surface area (Å²) in [4.78, 5) is 24.5. The molecule has 0 unspecified atom stereocenters. The maximum atomic E-state index is 13.8. The third-order valence-electron chi connectivity index (χ3n) is 3.55. The fraction of sp³-hybridized carbons (Fsp3) is 0.0526. The van der Waals surface area contributed by atoms with E-state index in [9.17, 15) is 14.0 Å². The van der Waals surface area contributed by atoms with Crippen LogP contribution in [0.4, 0.5) is 10.1 Å². The minimum absolute atomic E-state index is 0.0830. The lowest BCUT2D eigenvalue weighted by Gasteiger charge is -2.11. The monoisotopic (exact) mass is 373 g/mol. The Bertz CT molecular complexity index is 920. The van der Waals surface area contributed by atoms with Crippen LogP contribution in [-0.2, 0) is 11.3 Å². The van der Waals surface area contributed by atoms with Crippen molar-refractivity contribution in [1.82, 2.24) is 0 Å². The molecule has 7 heteroatoms. The summed E-state index contributed by atoms with van der Waals surface area (Å²) < 4.78 is 23.9. The van der Waals surface area contributed by atoms with Crippen LogP contribution < -0.4 is 5.32 Å². The van der Waals surface area contributed by atoms with Crippen molar-refractivity contribution < 1.29 is 23.1 Å². The fourth-order valence-electron chi connectivity index (χ4n) is 2.25. The van der Waals surface area contributed by atoms with Crippen molar-refractivity contribution in [2.45, 2.75) is 6.61 Å². The summed E-state index contributed by atoms with van der Waals surface area (Å²) in [5.74, 6) is -1.69. The van der Waals surface area contributed by atoms with Crippen molar-refractivity contribution in [3.05, 3.63) is 88.6 Å². The summed E-state index contributed by atoms with van der Waals surface area (Å²) in [7, 11) is 0. The molecule has 0 aliphatic rings. The second-order valence-corrected chi connectivity index (χ2v) is 5.66. The molecule has 2 aromatic carbocycles. The molecule has 0 spiro atoms. The first kappa shape index (κ1) is 17.7. The van der Waals surface area contributed by atoms with Gasteiger partial charge in [-0.3, -0.25) is 4.79 Å². The maximum Gasteiger partial charge on any atom is 0.340 e. The number of para-hydroxylation sites is 1. The summed E-state index contributed by atoms with van der Waals surface area (Å²) >= 11 is 5.92. The zero-order valence-electron chi connectivity index (χ0n) is 13.4. The number of benzene rings is 2. The lowest BCUT2D eigenvalue weighted by atomic mass is 10.1. The number of nitrogens with one attached hydrogen (secondary N) is 1. The van der Waals surface area contributed by atoms with Gasteiger partial charge in [0.25, 0.3) is 5.91 Å². The second-order valence-electron chi connectivity index (χ2n) is 5.25.